The minimum absolute atomic E-state index is 0.0107. The first-order valence-electron chi connectivity index (χ1n) is 10.7. The maximum Gasteiger partial charge on any atom is 0.264 e. The first-order valence-corrected chi connectivity index (χ1v) is 12.5. The van der Waals surface area contributed by atoms with Crippen molar-refractivity contribution in [1.29, 1.82) is 0 Å². The number of anilines is 2. The normalized spacial score (nSPS) is 10.9. The van der Waals surface area contributed by atoms with E-state index in [2.05, 4.69) is 5.32 Å². The second-order valence-corrected chi connectivity index (χ2v) is 9.87. The highest BCUT2D eigenvalue weighted by Gasteiger charge is 2.30. The first kappa shape index (κ1) is 27.0. The molecule has 0 atom stereocenters. The zero-order valence-corrected chi connectivity index (χ0v) is 22.1. The Kier molecular flexibility index (Phi) is 8.54. The van der Waals surface area contributed by atoms with Crippen molar-refractivity contribution in [1.82, 2.24) is 0 Å². The lowest BCUT2D eigenvalue weighted by Crippen LogP contribution is -2.38. The predicted molar refractivity (Wildman–Crippen MR) is 138 cm³/mol. The second-order valence-electron chi connectivity index (χ2n) is 7.60. The molecule has 0 aromatic heterocycles. The van der Waals surface area contributed by atoms with Gasteiger partial charge in [-0.2, -0.15) is 0 Å². The number of aryl methyl sites for hydroxylation is 1. The average molecular weight is 535 g/mol. The molecule has 192 valence electrons. The van der Waals surface area contributed by atoms with Gasteiger partial charge in [0, 0.05) is 18.2 Å². The third kappa shape index (κ3) is 5.77. The van der Waals surface area contributed by atoms with E-state index in [1.807, 2.05) is 6.92 Å². The largest absolute Gasteiger partial charge is 0.497 e. The molecule has 0 bridgehead atoms. The summed E-state index contributed by atoms with van der Waals surface area (Å²) in [6, 6.07) is 14.0. The summed E-state index contributed by atoms with van der Waals surface area (Å²) in [6.07, 6.45) is 0. The van der Waals surface area contributed by atoms with E-state index in [9.17, 15) is 13.2 Å². The lowest BCUT2D eigenvalue weighted by atomic mass is 10.2. The molecule has 1 N–H and O–H groups in total. The van der Waals surface area contributed by atoms with Gasteiger partial charge in [0.1, 0.15) is 29.5 Å². The van der Waals surface area contributed by atoms with Gasteiger partial charge in [0.25, 0.3) is 10.0 Å². The van der Waals surface area contributed by atoms with Crippen molar-refractivity contribution in [2.24, 2.45) is 0 Å². The van der Waals surface area contributed by atoms with Crippen LogP contribution in [-0.2, 0) is 14.8 Å². The number of amides is 1. The van der Waals surface area contributed by atoms with Crippen LogP contribution in [0.1, 0.15) is 5.56 Å². The lowest BCUT2D eigenvalue weighted by molar-refractivity contribution is -0.114. The van der Waals surface area contributed by atoms with Crippen LogP contribution in [0.4, 0.5) is 11.4 Å². The fourth-order valence-electron chi connectivity index (χ4n) is 3.41. The summed E-state index contributed by atoms with van der Waals surface area (Å²) in [6.45, 7) is 1.27. The van der Waals surface area contributed by atoms with Gasteiger partial charge in [-0.05, 0) is 31.2 Å². The lowest BCUT2D eigenvalue weighted by Gasteiger charge is -2.26. The molecule has 0 fully saturated rings. The van der Waals surface area contributed by atoms with Crippen molar-refractivity contribution < 1.29 is 32.2 Å². The number of hydrogen-bond acceptors (Lipinski definition) is 7. The van der Waals surface area contributed by atoms with Crippen molar-refractivity contribution in [3.8, 4) is 23.0 Å². The number of halogens is 1. The van der Waals surface area contributed by atoms with Gasteiger partial charge in [-0.3, -0.25) is 9.10 Å². The molecule has 0 spiro atoms. The van der Waals surface area contributed by atoms with Crippen molar-refractivity contribution >= 4 is 38.9 Å². The number of methoxy groups -OCH3 is 4. The highest BCUT2D eigenvalue weighted by molar-refractivity contribution is 7.92. The number of ether oxygens (including phenoxy) is 4. The summed E-state index contributed by atoms with van der Waals surface area (Å²) in [5.41, 5.74) is 1.28. The van der Waals surface area contributed by atoms with E-state index < -0.39 is 22.5 Å². The molecule has 0 unspecified atom stereocenters. The van der Waals surface area contributed by atoms with Gasteiger partial charge in [0.05, 0.1) is 49.7 Å². The number of rotatable bonds is 10. The highest BCUT2D eigenvalue weighted by Crippen LogP contribution is 2.37. The molecule has 0 aliphatic carbocycles. The number of nitrogens with zero attached hydrogens (tertiary/aromatic N) is 1. The maximum atomic E-state index is 13.8. The molecule has 3 rings (SSSR count). The van der Waals surface area contributed by atoms with Crippen LogP contribution < -0.4 is 28.6 Å². The van der Waals surface area contributed by atoms with Gasteiger partial charge in [-0.15, -0.1) is 0 Å². The average Bonchev–Trinajstić information content (AvgIpc) is 2.87. The molecule has 3 aromatic rings. The Morgan fingerprint density at radius 3 is 2.08 bits per heavy atom. The Morgan fingerprint density at radius 2 is 1.50 bits per heavy atom. The molecule has 0 aliphatic rings. The molecule has 0 saturated heterocycles. The van der Waals surface area contributed by atoms with Gasteiger partial charge in [0.15, 0.2) is 0 Å². The number of benzene rings is 3. The summed E-state index contributed by atoms with van der Waals surface area (Å²) in [4.78, 5) is 13.2. The van der Waals surface area contributed by atoms with Gasteiger partial charge in [-0.25, -0.2) is 8.42 Å². The van der Waals surface area contributed by atoms with Gasteiger partial charge < -0.3 is 24.3 Å². The molecule has 1 amide bonds. The van der Waals surface area contributed by atoms with Gasteiger partial charge >= 0.3 is 0 Å². The summed E-state index contributed by atoms with van der Waals surface area (Å²) in [5.74, 6) is 0.579. The first-order chi connectivity index (χ1) is 17.1. The fraction of sp³-hybridized carbons (Fsp3) is 0.240. The Bertz CT molecular complexity index is 1350. The van der Waals surface area contributed by atoms with Crippen LogP contribution in [0.3, 0.4) is 0 Å². The van der Waals surface area contributed by atoms with Gasteiger partial charge in [-0.1, -0.05) is 29.3 Å². The molecule has 0 radical (unpaired) electrons. The van der Waals surface area contributed by atoms with E-state index >= 15 is 0 Å². The van der Waals surface area contributed by atoms with E-state index in [1.165, 1.54) is 58.8 Å². The Labute approximate surface area is 215 Å². The third-order valence-corrected chi connectivity index (χ3v) is 7.37. The minimum atomic E-state index is -4.19. The van der Waals surface area contributed by atoms with Crippen LogP contribution >= 0.6 is 11.6 Å². The van der Waals surface area contributed by atoms with Crippen molar-refractivity contribution in [3.63, 3.8) is 0 Å². The van der Waals surface area contributed by atoms with Crippen LogP contribution in [0.2, 0.25) is 5.02 Å². The van der Waals surface area contributed by atoms with E-state index in [-0.39, 0.29) is 32.8 Å². The highest BCUT2D eigenvalue weighted by atomic mass is 35.5. The SMILES string of the molecule is COc1ccc(OC)c(N(CC(=O)Nc2cc(OC)c(Cl)cc2OC)S(=O)(=O)c2ccc(C)cc2)c1. The number of nitrogens with one attached hydrogen (secondary N) is 1. The zero-order valence-electron chi connectivity index (χ0n) is 20.5. The number of carbonyl (C=O) groups is 1. The second kappa shape index (κ2) is 11.4. The molecule has 0 aliphatic heterocycles. The van der Waals surface area contributed by atoms with E-state index in [1.54, 1.807) is 24.3 Å². The number of hydrogen-bond donors (Lipinski definition) is 1. The molecular formula is C25H27ClN2O7S. The molecule has 3 aromatic carbocycles. The van der Waals surface area contributed by atoms with E-state index in [0.29, 0.717) is 11.5 Å². The molecule has 36 heavy (non-hydrogen) atoms. The van der Waals surface area contributed by atoms with E-state index in [0.717, 1.165) is 9.87 Å². The fourth-order valence-corrected chi connectivity index (χ4v) is 5.06. The van der Waals surface area contributed by atoms with Crippen molar-refractivity contribution in [3.05, 3.63) is 65.2 Å². The Hall–Kier alpha value is -3.63. The van der Waals surface area contributed by atoms with Crippen LogP contribution in [0.15, 0.2) is 59.5 Å². The maximum absolute atomic E-state index is 13.8. The summed E-state index contributed by atoms with van der Waals surface area (Å²) < 4.78 is 49.7. The summed E-state index contributed by atoms with van der Waals surface area (Å²) in [7, 11) is 1.53. The van der Waals surface area contributed by atoms with E-state index in [4.69, 9.17) is 30.5 Å². The topological polar surface area (TPSA) is 103 Å². The Morgan fingerprint density at radius 1 is 0.861 bits per heavy atom. The van der Waals surface area contributed by atoms with Crippen LogP contribution in [0.25, 0.3) is 0 Å². The summed E-state index contributed by atoms with van der Waals surface area (Å²) >= 11 is 6.15. The molecule has 11 heteroatoms. The third-order valence-electron chi connectivity index (χ3n) is 5.30. The van der Waals surface area contributed by atoms with Crippen LogP contribution in [0.5, 0.6) is 23.0 Å². The van der Waals surface area contributed by atoms with Crippen molar-refractivity contribution in [2.75, 3.05) is 44.6 Å². The monoisotopic (exact) mass is 534 g/mol. The minimum Gasteiger partial charge on any atom is -0.497 e. The quantitative estimate of drug-likeness (QED) is 0.408. The molecule has 0 saturated carbocycles. The molecule has 0 heterocycles. The predicted octanol–water partition coefficient (Wildman–Crippen LogP) is 4.52. The van der Waals surface area contributed by atoms with Crippen LogP contribution in [-0.4, -0.2) is 49.3 Å². The number of sulfonamides is 1. The zero-order chi connectivity index (χ0) is 26.5. The molecule has 9 nitrogen and oxygen atoms in total. The molecular weight excluding hydrogens is 508 g/mol. The smallest absolute Gasteiger partial charge is 0.264 e. The standard InChI is InChI=1S/C25H27ClN2O7S/c1-16-6-9-18(10-7-16)36(30,31)28(21-12-17(32-2)8-11-22(21)33-3)15-25(29)27-20-14-23(34-4)19(26)13-24(20)35-5/h6-14H,15H2,1-5H3,(H,27,29). The summed E-state index contributed by atoms with van der Waals surface area (Å²) in [5, 5.41) is 2.97. The number of carbonyl (C=O) groups excluding carboxylic acids is 1. The van der Waals surface area contributed by atoms with Crippen LogP contribution in [0, 0.1) is 6.92 Å². The van der Waals surface area contributed by atoms with Gasteiger partial charge in [0.2, 0.25) is 5.91 Å². The Balaban J connectivity index is 2.07. The van der Waals surface area contributed by atoms with Crippen molar-refractivity contribution in [2.45, 2.75) is 11.8 Å².